The normalized spacial score (nSPS) is 15.9. The number of nitrogens with two attached hydrogens (primary N) is 1. The lowest BCUT2D eigenvalue weighted by Gasteiger charge is -2.20. The average Bonchev–Trinajstić information content (AvgIpc) is 2.70. The van der Waals surface area contributed by atoms with Crippen LogP contribution in [-0.2, 0) is 0 Å². The number of methoxy groups -OCH3 is 1. The van der Waals surface area contributed by atoms with Crippen molar-refractivity contribution in [2.24, 2.45) is 0 Å². The predicted octanol–water partition coefficient (Wildman–Crippen LogP) is 1.88. The lowest BCUT2D eigenvalue weighted by atomic mass is 10.2. The zero-order valence-electron chi connectivity index (χ0n) is 8.49. The Kier molecular flexibility index (Phi) is 2.48. The largest absolute Gasteiger partial charge is 0.495 e. The molecule has 76 valence electrons. The maximum atomic E-state index is 5.77. The number of nitrogens with zero attached hydrogens (tertiary/aromatic N) is 1. The zero-order chi connectivity index (χ0) is 9.97. The molecule has 0 radical (unpaired) electrons. The number of nitrogen functional groups attached to an aromatic ring is 1. The summed E-state index contributed by atoms with van der Waals surface area (Å²) in [4.78, 5) is 2.33. The van der Waals surface area contributed by atoms with E-state index in [-0.39, 0.29) is 0 Å². The van der Waals surface area contributed by atoms with E-state index >= 15 is 0 Å². The van der Waals surface area contributed by atoms with Gasteiger partial charge in [-0.2, -0.15) is 0 Å². The molecule has 3 nitrogen and oxygen atoms in total. The van der Waals surface area contributed by atoms with E-state index in [0.29, 0.717) is 0 Å². The van der Waals surface area contributed by atoms with Gasteiger partial charge in [-0.3, -0.25) is 0 Å². The van der Waals surface area contributed by atoms with Crippen molar-refractivity contribution in [3.8, 4) is 5.75 Å². The molecule has 0 atom stereocenters. The molecule has 14 heavy (non-hydrogen) atoms. The molecule has 1 aliphatic heterocycles. The van der Waals surface area contributed by atoms with Crippen molar-refractivity contribution in [1.82, 2.24) is 0 Å². The van der Waals surface area contributed by atoms with Crippen LogP contribution < -0.4 is 15.4 Å². The van der Waals surface area contributed by atoms with E-state index in [1.54, 1.807) is 7.11 Å². The van der Waals surface area contributed by atoms with Crippen molar-refractivity contribution in [3.05, 3.63) is 18.2 Å². The van der Waals surface area contributed by atoms with E-state index < -0.39 is 0 Å². The van der Waals surface area contributed by atoms with Crippen LogP contribution in [-0.4, -0.2) is 20.2 Å². The Morgan fingerprint density at radius 1 is 1.29 bits per heavy atom. The molecular weight excluding hydrogens is 176 g/mol. The summed E-state index contributed by atoms with van der Waals surface area (Å²) in [7, 11) is 1.70. The van der Waals surface area contributed by atoms with E-state index in [0.717, 1.165) is 30.2 Å². The molecule has 1 heterocycles. The Morgan fingerprint density at radius 2 is 2.00 bits per heavy atom. The number of hydrogen-bond donors (Lipinski definition) is 1. The molecule has 1 aromatic carbocycles. The van der Waals surface area contributed by atoms with Gasteiger partial charge in [0, 0.05) is 18.8 Å². The topological polar surface area (TPSA) is 38.5 Å². The Labute approximate surface area is 84.5 Å². The third-order valence-electron chi connectivity index (χ3n) is 2.65. The van der Waals surface area contributed by atoms with Gasteiger partial charge in [-0.15, -0.1) is 0 Å². The molecule has 0 spiro atoms. The minimum atomic E-state index is 0.799. The Bertz CT molecular complexity index is 319. The standard InChI is InChI=1S/C11H16N2O/c1-14-11-5-4-9(12)8-10(11)13-6-2-3-7-13/h4-5,8H,2-3,6-7,12H2,1H3. The van der Waals surface area contributed by atoms with Crippen LogP contribution in [0.3, 0.4) is 0 Å². The summed E-state index contributed by atoms with van der Waals surface area (Å²) < 4.78 is 5.32. The van der Waals surface area contributed by atoms with E-state index in [2.05, 4.69) is 4.90 Å². The third-order valence-corrected chi connectivity index (χ3v) is 2.65. The fourth-order valence-corrected chi connectivity index (χ4v) is 1.91. The maximum absolute atomic E-state index is 5.77. The maximum Gasteiger partial charge on any atom is 0.142 e. The smallest absolute Gasteiger partial charge is 0.142 e. The molecule has 1 saturated heterocycles. The van der Waals surface area contributed by atoms with Gasteiger partial charge in [-0.25, -0.2) is 0 Å². The fourth-order valence-electron chi connectivity index (χ4n) is 1.91. The van der Waals surface area contributed by atoms with Crippen LogP contribution in [0.5, 0.6) is 5.75 Å². The number of benzene rings is 1. The third kappa shape index (κ3) is 1.62. The molecule has 0 amide bonds. The van der Waals surface area contributed by atoms with Gasteiger partial charge in [0.15, 0.2) is 0 Å². The first-order valence-corrected chi connectivity index (χ1v) is 5.00. The van der Waals surface area contributed by atoms with Crippen molar-refractivity contribution in [2.75, 3.05) is 30.8 Å². The van der Waals surface area contributed by atoms with Crippen LogP contribution in [0.15, 0.2) is 18.2 Å². The predicted molar refractivity (Wildman–Crippen MR) is 58.9 cm³/mol. The SMILES string of the molecule is COc1ccc(N)cc1N1CCCC1. The summed E-state index contributed by atoms with van der Waals surface area (Å²) in [6, 6.07) is 5.80. The molecule has 2 N–H and O–H groups in total. The highest BCUT2D eigenvalue weighted by atomic mass is 16.5. The van der Waals surface area contributed by atoms with Crippen molar-refractivity contribution in [3.63, 3.8) is 0 Å². The van der Waals surface area contributed by atoms with Gasteiger partial charge in [0.1, 0.15) is 5.75 Å². The van der Waals surface area contributed by atoms with Crippen LogP contribution in [0.2, 0.25) is 0 Å². The monoisotopic (exact) mass is 192 g/mol. The second-order valence-corrected chi connectivity index (χ2v) is 3.63. The van der Waals surface area contributed by atoms with E-state index in [4.69, 9.17) is 10.5 Å². The first kappa shape index (κ1) is 9.19. The molecule has 1 aromatic rings. The van der Waals surface area contributed by atoms with Gasteiger partial charge < -0.3 is 15.4 Å². The van der Waals surface area contributed by atoms with E-state index in [1.807, 2.05) is 18.2 Å². The summed E-state index contributed by atoms with van der Waals surface area (Å²) in [5.41, 5.74) is 7.70. The van der Waals surface area contributed by atoms with Gasteiger partial charge >= 0.3 is 0 Å². The van der Waals surface area contributed by atoms with Crippen molar-refractivity contribution >= 4 is 11.4 Å². The van der Waals surface area contributed by atoms with Crippen molar-refractivity contribution in [1.29, 1.82) is 0 Å². The van der Waals surface area contributed by atoms with Gasteiger partial charge in [0.25, 0.3) is 0 Å². The van der Waals surface area contributed by atoms with E-state index in [1.165, 1.54) is 12.8 Å². The molecule has 2 rings (SSSR count). The minimum absolute atomic E-state index is 0.799. The molecule has 0 saturated carbocycles. The van der Waals surface area contributed by atoms with Crippen LogP contribution in [0.25, 0.3) is 0 Å². The molecule has 1 fully saturated rings. The van der Waals surface area contributed by atoms with Gasteiger partial charge in [0.05, 0.1) is 12.8 Å². The van der Waals surface area contributed by atoms with Crippen LogP contribution in [0.4, 0.5) is 11.4 Å². The molecule has 0 aliphatic carbocycles. The minimum Gasteiger partial charge on any atom is -0.495 e. The highest BCUT2D eigenvalue weighted by Gasteiger charge is 2.16. The summed E-state index contributed by atoms with van der Waals surface area (Å²) >= 11 is 0. The van der Waals surface area contributed by atoms with Gasteiger partial charge in [0.2, 0.25) is 0 Å². The summed E-state index contributed by atoms with van der Waals surface area (Å²) in [5, 5.41) is 0. The van der Waals surface area contributed by atoms with Gasteiger partial charge in [-0.1, -0.05) is 0 Å². The lowest BCUT2D eigenvalue weighted by molar-refractivity contribution is 0.415. The molecule has 0 unspecified atom stereocenters. The lowest BCUT2D eigenvalue weighted by Crippen LogP contribution is -2.18. The highest BCUT2D eigenvalue weighted by Crippen LogP contribution is 2.32. The zero-order valence-corrected chi connectivity index (χ0v) is 8.49. The Morgan fingerprint density at radius 3 is 2.64 bits per heavy atom. The molecule has 0 bridgehead atoms. The van der Waals surface area contributed by atoms with E-state index in [9.17, 15) is 0 Å². The second kappa shape index (κ2) is 3.78. The molecule has 3 heteroatoms. The first-order chi connectivity index (χ1) is 6.81. The quantitative estimate of drug-likeness (QED) is 0.727. The number of rotatable bonds is 2. The molecule has 0 aromatic heterocycles. The summed E-state index contributed by atoms with van der Waals surface area (Å²) in [6.45, 7) is 2.22. The van der Waals surface area contributed by atoms with Crippen LogP contribution in [0, 0.1) is 0 Å². The molecule has 1 aliphatic rings. The average molecular weight is 192 g/mol. The van der Waals surface area contributed by atoms with Crippen LogP contribution >= 0.6 is 0 Å². The van der Waals surface area contributed by atoms with Gasteiger partial charge in [-0.05, 0) is 31.0 Å². The number of anilines is 2. The summed E-state index contributed by atoms with van der Waals surface area (Å²) in [5.74, 6) is 0.918. The molecular formula is C11H16N2O. The number of ether oxygens (including phenoxy) is 1. The van der Waals surface area contributed by atoms with Crippen molar-refractivity contribution in [2.45, 2.75) is 12.8 Å². The summed E-state index contributed by atoms with van der Waals surface area (Å²) in [6.07, 6.45) is 2.52. The van der Waals surface area contributed by atoms with Crippen molar-refractivity contribution < 1.29 is 4.74 Å². The number of hydrogen-bond acceptors (Lipinski definition) is 3. The Balaban J connectivity index is 2.33. The second-order valence-electron chi connectivity index (χ2n) is 3.63. The van der Waals surface area contributed by atoms with Crippen LogP contribution in [0.1, 0.15) is 12.8 Å². The highest BCUT2D eigenvalue weighted by molar-refractivity contribution is 5.65. The first-order valence-electron chi connectivity index (χ1n) is 5.00. The Hall–Kier alpha value is -1.38. The fraction of sp³-hybridized carbons (Fsp3) is 0.455.